The molecule has 0 saturated carbocycles. The number of rotatable bonds is 6. The van der Waals surface area contributed by atoms with Crippen molar-refractivity contribution >= 4 is 12.0 Å². The molecule has 0 N–H and O–H groups in total. The van der Waals surface area contributed by atoms with E-state index >= 15 is 0 Å². The molecule has 1 saturated heterocycles. The molecule has 0 bridgehead atoms. The number of halogens is 1. The Morgan fingerprint density at radius 3 is 2.40 bits per heavy atom. The minimum atomic E-state index is -0.225. The van der Waals surface area contributed by atoms with E-state index in [1.807, 2.05) is 35.2 Å². The summed E-state index contributed by atoms with van der Waals surface area (Å²) >= 11 is 0. The number of amides is 1. The van der Waals surface area contributed by atoms with Gasteiger partial charge in [-0.3, -0.25) is 9.69 Å². The quantitative estimate of drug-likeness (QED) is 0.673. The maximum Gasteiger partial charge on any atom is 0.246 e. The van der Waals surface area contributed by atoms with E-state index < -0.39 is 0 Å². The van der Waals surface area contributed by atoms with Crippen molar-refractivity contribution in [2.75, 3.05) is 27.3 Å². The van der Waals surface area contributed by atoms with Crippen molar-refractivity contribution < 1.29 is 18.7 Å². The fourth-order valence-corrected chi connectivity index (χ4v) is 3.77. The van der Waals surface area contributed by atoms with Gasteiger partial charge in [0, 0.05) is 37.8 Å². The molecule has 1 aliphatic heterocycles. The van der Waals surface area contributed by atoms with E-state index in [0.29, 0.717) is 18.0 Å². The minimum Gasteiger partial charge on any atom is -0.493 e. The number of ether oxygens (including phenoxy) is 2. The Hall–Kier alpha value is -2.86. The van der Waals surface area contributed by atoms with E-state index in [0.717, 1.165) is 24.2 Å². The second-order valence-electron chi connectivity index (χ2n) is 7.69. The van der Waals surface area contributed by atoms with Gasteiger partial charge in [0.15, 0.2) is 11.5 Å². The molecular weight excluding hydrogens is 383 g/mol. The van der Waals surface area contributed by atoms with Gasteiger partial charge in [-0.05, 0) is 55.3 Å². The number of hydrogen-bond acceptors (Lipinski definition) is 4. The van der Waals surface area contributed by atoms with Crippen molar-refractivity contribution in [3.05, 3.63) is 65.5 Å². The standard InChI is InChI=1S/C24H29FN2O3/c1-17-15-27(18(2)14-26(17)16-20-5-9-21(25)10-6-20)24(28)12-8-19-7-11-22(29-3)23(13-19)30-4/h5-13,17-18H,14-16H2,1-4H3/t17-,18+/m0/s1. The van der Waals surface area contributed by atoms with Crippen LogP contribution in [0, 0.1) is 5.82 Å². The van der Waals surface area contributed by atoms with Gasteiger partial charge in [0.25, 0.3) is 0 Å². The summed E-state index contributed by atoms with van der Waals surface area (Å²) in [4.78, 5) is 17.1. The number of benzene rings is 2. The molecule has 1 heterocycles. The van der Waals surface area contributed by atoms with Gasteiger partial charge in [-0.25, -0.2) is 4.39 Å². The molecule has 3 rings (SSSR count). The number of nitrogens with zero attached hydrogens (tertiary/aromatic N) is 2. The second-order valence-corrected chi connectivity index (χ2v) is 7.69. The van der Waals surface area contributed by atoms with Crippen molar-refractivity contribution in [3.63, 3.8) is 0 Å². The van der Waals surface area contributed by atoms with Crippen LogP contribution in [0.5, 0.6) is 11.5 Å². The molecule has 2 atom stereocenters. The fourth-order valence-electron chi connectivity index (χ4n) is 3.77. The SMILES string of the molecule is COc1ccc(C=CC(=O)N2C[C@H](C)N(Cc3ccc(F)cc3)C[C@H]2C)cc1OC. The Labute approximate surface area is 177 Å². The summed E-state index contributed by atoms with van der Waals surface area (Å²) in [6.07, 6.45) is 3.41. The zero-order chi connectivity index (χ0) is 21.7. The average molecular weight is 413 g/mol. The number of piperazine rings is 1. The van der Waals surface area contributed by atoms with Crippen LogP contribution in [0.15, 0.2) is 48.5 Å². The lowest BCUT2D eigenvalue weighted by Crippen LogP contribution is -2.57. The van der Waals surface area contributed by atoms with Gasteiger partial charge >= 0.3 is 0 Å². The zero-order valence-corrected chi connectivity index (χ0v) is 18.0. The van der Waals surface area contributed by atoms with Crippen LogP contribution in [0.25, 0.3) is 6.08 Å². The van der Waals surface area contributed by atoms with Crippen LogP contribution in [0.1, 0.15) is 25.0 Å². The van der Waals surface area contributed by atoms with Crippen LogP contribution in [0.3, 0.4) is 0 Å². The van der Waals surface area contributed by atoms with Crippen molar-refractivity contribution in [2.45, 2.75) is 32.5 Å². The van der Waals surface area contributed by atoms with Crippen molar-refractivity contribution in [2.24, 2.45) is 0 Å². The molecule has 6 heteroatoms. The zero-order valence-electron chi connectivity index (χ0n) is 18.0. The van der Waals surface area contributed by atoms with E-state index in [4.69, 9.17) is 9.47 Å². The van der Waals surface area contributed by atoms with Crippen molar-refractivity contribution in [3.8, 4) is 11.5 Å². The van der Waals surface area contributed by atoms with Gasteiger partial charge in [0.2, 0.25) is 5.91 Å². The molecule has 1 fully saturated rings. The molecule has 5 nitrogen and oxygen atoms in total. The van der Waals surface area contributed by atoms with E-state index in [2.05, 4.69) is 18.7 Å². The van der Waals surface area contributed by atoms with E-state index in [-0.39, 0.29) is 23.8 Å². The Balaban J connectivity index is 1.63. The van der Waals surface area contributed by atoms with Crippen LogP contribution < -0.4 is 9.47 Å². The molecule has 2 aromatic rings. The maximum atomic E-state index is 13.1. The lowest BCUT2D eigenvalue weighted by molar-refractivity contribution is -0.131. The first kappa shape index (κ1) is 21.8. The van der Waals surface area contributed by atoms with Gasteiger partial charge in [-0.15, -0.1) is 0 Å². The highest BCUT2D eigenvalue weighted by Crippen LogP contribution is 2.28. The third-order valence-electron chi connectivity index (χ3n) is 5.52. The predicted molar refractivity (Wildman–Crippen MR) is 116 cm³/mol. The largest absolute Gasteiger partial charge is 0.493 e. The minimum absolute atomic E-state index is 0.00873. The third kappa shape index (κ3) is 5.19. The highest BCUT2D eigenvalue weighted by molar-refractivity contribution is 5.92. The third-order valence-corrected chi connectivity index (χ3v) is 5.52. The molecule has 0 unspecified atom stereocenters. The summed E-state index contributed by atoms with van der Waals surface area (Å²) in [5, 5.41) is 0. The predicted octanol–water partition coefficient (Wildman–Crippen LogP) is 3.98. The summed E-state index contributed by atoms with van der Waals surface area (Å²) < 4.78 is 23.7. The molecule has 2 aromatic carbocycles. The maximum absolute atomic E-state index is 13.1. The molecular formula is C24H29FN2O3. The number of hydrogen-bond donors (Lipinski definition) is 0. The van der Waals surface area contributed by atoms with Crippen LogP contribution in [-0.4, -0.2) is 55.1 Å². The van der Waals surface area contributed by atoms with E-state index in [1.54, 1.807) is 26.4 Å². The normalized spacial score (nSPS) is 19.8. The number of carbonyl (C=O) groups is 1. The molecule has 30 heavy (non-hydrogen) atoms. The number of methoxy groups -OCH3 is 2. The summed E-state index contributed by atoms with van der Waals surface area (Å²) in [5.74, 6) is 1.05. The Morgan fingerprint density at radius 2 is 1.73 bits per heavy atom. The van der Waals surface area contributed by atoms with Crippen LogP contribution in [0.4, 0.5) is 4.39 Å². The Kier molecular flexibility index (Phi) is 7.11. The molecule has 0 aliphatic carbocycles. The Morgan fingerprint density at radius 1 is 1.03 bits per heavy atom. The first-order valence-corrected chi connectivity index (χ1v) is 10.1. The monoisotopic (exact) mass is 412 g/mol. The number of carbonyl (C=O) groups excluding carboxylic acids is 1. The van der Waals surface area contributed by atoms with Crippen LogP contribution in [-0.2, 0) is 11.3 Å². The Bertz CT molecular complexity index is 898. The highest BCUT2D eigenvalue weighted by Gasteiger charge is 2.30. The van der Waals surface area contributed by atoms with Crippen LogP contribution >= 0.6 is 0 Å². The smallest absolute Gasteiger partial charge is 0.246 e. The van der Waals surface area contributed by atoms with Gasteiger partial charge in [-0.1, -0.05) is 18.2 Å². The van der Waals surface area contributed by atoms with Crippen molar-refractivity contribution in [1.82, 2.24) is 9.80 Å². The van der Waals surface area contributed by atoms with Crippen molar-refractivity contribution in [1.29, 1.82) is 0 Å². The first-order chi connectivity index (χ1) is 14.4. The second kappa shape index (κ2) is 9.76. The van der Waals surface area contributed by atoms with Gasteiger partial charge in [0.1, 0.15) is 5.82 Å². The van der Waals surface area contributed by atoms with E-state index in [9.17, 15) is 9.18 Å². The van der Waals surface area contributed by atoms with Crippen LogP contribution in [0.2, 0.25) is 0 Å². The fraction of sp³-hybridized carbons (Fsp3) is 0.375. The summed E-state index contributed by atoms with van der Waals surface area (Å²) in [5.41, 5.74) is 1.94. The highest BCUT2D eigenvalue weighted by atomic mass is 19.1. The topological polar surface area (TPSA) is 42.0 Å². The molecule has 160 valence electrons. The first-order valence-electron chi connectivity index (χ1n) is 10.1. The molecule has 1 amide bonds. The molecule has 0 aromatic heterocycles. The van der Waals surface area contributed by atoms with E-state index in [1.165, 1.54) is 12.1 Å². The lowest BCUT2D eigenvalue weighted by atomic mass is 10.1. The lowest BCUT2D eigenvalue weighted by Gasteiger charge is -2.44. The summed E-state index contributed by atoms with van der Waals surface area (Å²) in [6, 6.07) is 12.5. The van der Waals surface area contributed by atoms with Gasteiger partial charge < -0.3 is 14.4 Å². The molecule has 0 radical (unpaired) electrons. The molecule has 0 spiro atoms. The summed E-state index contributed by atoms with van der Waals surface area (Å²) in [7, 11) is 3.18. The van der Waals surface area contributed by atoms with Gasteiger partial charge in [0.05, 0.1) is 14.2 Å². The van der Waals surface area contributed by atoms with Gasteiger partial charge in [-0.2, -0.15) is 0 Å². The molecule has 1 aliphatic rings. The summed E-state index contributed by atoms with van der Waals surface area (Å²) in [6.45, 7) is 6.35. The average Bonchev–Trinajstić information content (AvgIpc) is 2.75.